The van der Waals surface area contributed by atoms with Crippen molar-refractivity contribution < 1.29 is 19.2 Å². The Bertz CT molecular complexity index is 1290. The lowest BCUT2D eigenvalue weighted by molar-refractivity contribution is -0.139. The van der Waals surface area contributed by atoms with Gasteiger partial charge in [-0.1, -0.05) is 30.3 Å². The molecule has 2 aromatic rings. The van der Waals surface area contributed by atoms with E-state index in [9.17, 15) is 19.2 Å². The zero-order chi connectivity index (χ0) is 31.5. The van der Waals surface area contributed by atoms with Crippen molar-refractivity contribution >= 4 is 29.6 Å². The highest BCUT2D eigenvalue weighted by Gasteiger charge is 2.37. The minimum atomic E-state index is -1.14. The molecule has 2 heterocycles. The SMILES string of the molecule is N=C(N)N1CCC[C@@H](CNC(=O)C[C@H](NC(=O)[C@H](N)Cc2ccccc2)C(=O)N(CCNC(=O)c2cnccn2)C2CC2)C1. The topological polar surface area (TPSA) is 213 Å². The van der Waals surface area contributed by atoms with Crippen LogP contribution in [0.25, 0.3) is 0 Å². The van der Waals surface area contributed by atoms with Crippen LogP contribution >= 0.6 is 0 Å². The number of likely N-dealkylation sites (tertiary alicyclic amines) is 1. The van der Waals surface area contributed by atoms with Crippen molar-refractivity contribution in [1.29, 1.82) is 5.41 Å². The number of benzene rings is 1. The Kier molecular flexibility index (Phi) is 11.6. The summed E-state index contributed by atoms with van der Waals surface area (Å²) in [6.45, 7) is 2.00. The maximum atomic E-state index is 13.9. The molecule has 0 spiro atoms. The van der Waals surface area contributed by atoms with E-state index in [1.165, 1.54) is 18.6 Å². The number of amides is 4. The van der Waals surface area contributed by atoms with E-state index in [0.717, 1.165) is 31.2 Å². The predicted octanol–water partition coefficient (Wildman–Crippen LogP) is -0.636. The molecule has 1 aliphatic heterocycles. The summed E-state index contributed by atoms with van der Waals surface area (Å²) in [5, 5.41) is 16.1. The van der Waals surface area contributed by atoms with Crippen molar-refractivity contribution in [2.75, 3.05) is 32.7 Å². The number of hydrogen-bond donors (Lipinski definition) is 6. The molecule has 14 heteroatoms. The number of piperidine rings is 1. The van der Waals surface area contributed by atoms with Crippen LogP contribution in [0.1, 0.15) is 48.2 Å². The molecule has 1 saturated carbocycles. The molecule has 2 aliphatic rings. The first-order valence-corrected chi connectivity index (χ1v) is 15.0. The van der Waals surface area contributed by atoms with Crippen LogP contribution in [-0.2, 0) is 20.8 Å². The number of hydrogen-bond acceptors (Lipinski definition) is 8. The fraction of sp³-hybridized carbons (Fsp3) is 0.500. The maximum absolute atomic E-state index is 13.9. The second kappa shape index (κ2) is 15.8. The molecule has 1 aliphatic carbocycles. The Morgan fingerprint density at radius 3 is 2.55 bits per heavy atom. The normalized spacial score (nSPS) is 17.6. The third kappa shape index (κ3) is 9.73. The minimum absolute atomic E-state index is 0.00861. The lowest BCUT2D eigenvalue weighted by atomic mass is 9.98. The van der Waals surface area contributed by atoms with Gasteiger partial charge >= 0.3 is 0 Å². The summed E-state index contributed by atoms with van der Waals surface area (Å²) in [7, 11) is 0. The van der Waals surface area contributed by atoms with Crippen LogP contribution < -0.4 is 27.4 Å². The van der Waals surface area contributed by atoms with Gasteiger partial charge < -0.3 is 37.2 Å². The number of aromatic nitrogens is 2. The number of rotatable bonds is 14. The minimum Gasteiger partial charge on any atom is -0.370 e. The summed E-state index contributed by atoms with van der Waals surface area (Å²) in [6, 6.07) is 7.21. The smallest absolute Gasteiger partial charge is 0.271 e. The number of nitrogens with one attached hydrogen (secondary N) is 4. The molecule has 1 saturated heterocycles. The van der Waals surface area contributed by atoms with Crippen molar-refractivity contribution in [3.8, 4) is 0 Å². The van der Waals surface area contributed by atoms with Crippen molar-refractivity contribution in [3.05, 3.63) is 60.2 Å². The third-order valence-corrected chi connectivity index (χ3v) is 7.79. The second-order valence-corrected chi connectivity index (χ2v) is 11.3. The molecule has 14 nitrogen and oxygen atoms in total. The molecule has 0 bridgehead atoms. The van der Waals surface area contributed by atoms with E-state index in [2.05, 4.69) is 25.9 Å². The van der Waals surface area contributed by atoms with Gasteiger partial charge in [0.1, 0.15) is 11.7 Å². The van der Waals surface area contributed by atoms with Crippen LogP contribution in [0.4, 0.5) is 0 Å². The van der Waals surface area contributed by atoms with Gasteiger partial charge in [0.15, 0.2) is 5.96 Å². The molecule has 8 N–H and O–H groups in total. The first-order chi connectivity index (χ1) is 21.2. The van der Waals surface area contributed by atoms with Crippen molar-refractivity contribution in [1.82, 2.24) is 35.7 Å². The van der Waals surface area contributed by atoms with Crippen LogP contribution in [0, 0.1) is 11.3 Å². The molecule has 1 aromatic carbocycles. The largest absolute Gasteiger partial charge is 0.370 e. The molecule has 2 fully saturated rings. The van der Waals surface area contributed by atoms with Gasteiger partial charge in [0.25, 0.3) is 5.91 Å². The molecule has 0 radical (unpaired) electrons. The number of guanidine groups is 1. The molecular formula is C30H42N10O4. The molecule has 44 heavy (non-hydrogen) atoms. The van der Waals surface area contributed by atoms with Gasteiger partial charge in [-0.15, -0.1) is 0 Å². The number of nitrogens with zero attached hydrogens (tertiary/aromatic N) is 4. The van der Waals surface area contributed by atoms with Crippen LogP contribution in [0.15, 0.2) is 48.9 Å². The fourth-order valence-electron chi connectivity index (χ4n) is 5.26. The summed E-state index contributed by atoms with van der Waals surface area (Å²) in [6.07, 6.45) is 7.58. The summed E-state index contributed by atoms with van der Waals surface area (Å²) in [5.74, 6) is -1.61. The highest BCUT2D eigenvalue weighted by molar-refractivity contribution is 5.94. The monoisotopic (exact) mass is 606 g/mol. The van der Waals surface area contributed by atoms with E-state index in [-0.39, 0.29) is 55.5 Å². The molecule has 1 aromatic heterocycles. The molecule has 4 amide bonds. The van der Waals surface area contributed by atoms with Crippen molar-refractivity contribution in [3.63, 3.8) is 0 Å². The average Bonchev–Trinajstić information content (AvgIpc) is 3.88. The number of nitrogens with two attached hydrogens (primary N) is 2. The summed E-state index contributed by atoms with van der Waals surface area (Å²) >= 11 is 0. The Morgan fingerprint density at radius 1 is 1.09 bits per heavy atom. The molecule has 3 atom stereocenters. The van der Waals surface area contributed by atoms with Gasteiger partial charge in [0, 0.05) is 51.2 Å². The zero-order valence-electron chi connectivity index (χ0n) is 24.8. The average molecular weight is 607 g/mol. The van der Waals surface area contributed by atoms with Gasteiger partial charge in [-0.2, -0.15) is 0 Å². The second-order valence-electron chi connectivity index (χ2n) is 11.3. The van der Waals surface area contributed by atoms with Crippen molar-refractivity contribution in [2.24, 2.45) is 17.4 Å². The molecule has 0 unspecified atom stereocenters. The van der Waals surface area contributed by atoms with Gasteiger partial charge in [-0.3, -0.25) is 29.6 Å². The molecule has 4 rings (SSSR count). The quantitative estimate of drug-likeness (QED) is 0.119. The van der Waals surface area contributed by atoms with E-state index < -0.39 is 29.8 Å². The Balaban J connectivity index is 1.39. The van der Waals surface area contributed by atoms with E-state index >= 15 is 0 Å². The highest BCUT2D eigenvalue weighted by atomic mass is 16.2. The first-order valence-electron chi connectivity index (χ1n) is 15.0. The number of carbonyl (C=O) groups is 4. The van der Waals surface area contributed by atoms with Crippen LogP contribution in [-0.4, -0.2) is 100 Å². The predicted molar refractivity (Wildman–Crippen MR) is 163 cm³/mol. The number of carbonyl (C=O) groups excluding carboxylic acids is 4. The lowest BCUT2D eigenvalue weighted by Crippen LogP contribution is -2.55. The Morgan fingerprint density at radius 2 is 1.86 bits per heavy atom. The van der Waals surface area contributed by atoms with E-state index in [1.54, 1.807) is 9.80 Å². The van der Waals surface area contributed by atoms with Crippen LogP contribution in [0.2, 0.25) is 0 Å². The fourth-order valence-corrected chi connectivity index (χ4v) is 5.26. The van der Waals surface area contributed by atoms with Crippen LogP contribution in [0.3, 0.4) is 0 Å². The van der Waals surface area contributed by atoms with Gasteiger partial charge in [-0.25, -0.2) is 4.98 Å². The van der Waals surface area contributed by atoms with E-state index in [4.69, 9.17) is 16.9 Å². The van der Waals surface area contributed by atoms with E-state index in [0.29, 0.717) is 19.6 Å². The Labute approximate surface area is 256 Å². The third-order valence-electron chi connectivity index (χ3n) is 7.79. The maximum Gasteiger partial charge on any atom is 0.271 e. The van der Waals surface area contributed by atoms with Gasteiger partial charge in [0.2, 0.25) is 17.7 Å². The van der Waals surface area contributed by atoms with Gasteiger partial charge in [0.05, 0.1) is 18.7 Å². The van der Waals surface area contributed by atoms with Crippen molar-refractivity contribution in [2.45, 2.75) is 56.7 Å². The highest BCUT2D eigenvalue weighted by Crippen LogP contribution is 2.27. The zero-order valence-corrected chi connectivity index (χ0v) is 24.8. The summed E-state index contributed by atoms with van der Waals surface area (Å²) in [5.41, 5.74) is 12.9. The van der Waals surface area contributed by atoms with E-state index in [1.807, 2.05) is 30.3 Å². The summed E-state index contributed by atoms with van der Waals surface area (Å²) in [4.78, 5) is 63.8. The summed E-state index contributed by atoms with van der Waals surface area (Å²) < 4.78 is 0. The van der Waals surface area contributed by atoms with Crippen LogP contribution in [0.5, 0.6) is 0 Å². The molecular weight excluding hydrogens is 564 g/mol. The van der Waals surface area contributed by atoms with Gasteiger partial charge in [-0.05, 0) is 43.6 Å². The molecule has 236 valence electrons. The standard InChI is InChI=1S/C30H42N10O4/c31-23(15-20-5-2-1-3-6-20)27(42)38-24(16-26(41)37-17-21-7-4-13-39(19-21)30(32)33)29(44)40(22-8-9-22)14-12-36-28(43)25-18-34-10-11-35-25/h1-3,5-6,10-11,18,21-24H,4,7-9,12-17,19,31H2,(H3,32,33)(H,36,43)(H,37,41)(H,38,42)/t21-,23+,24-/m0/s1. The lowest BCUT2D eigenvalue weighted by Gasteiger charge is -2.33. The first kappa shape index (κ1) is 32.3. The Hall–Kier alpha value is -4.59.